The Balaban J connectivity index is 1.50. The number of sulfonamides is 1. The third-order valence-corrected chi connectivity index (χ3v) is 7.98. The molecule has 0 radical (unpaired) electrons. The molecule has 0 aliphatic rings. The fourth-order valence-corrected chi connectivity index (χ4v) is 5.55. The van der Waals surface area contributed by atoms with Crippen molar-refractivity contribution in [2.45, 2.75) is 22.0 Å². The molecule has 2 N–H and O–H groups in total. The minimum absolute atomic E-state index is 0.0416. The molecule has 0 spiro atoms. The molecule has 0 aliphatic carbocycles. The first-order valence-corrected chi connectivity index (χ1v) is 13.5. The van der Waals surface area contributed by atoms with E-state index in [9.17, 15) is 18.0 Å². The molecule has 4 aromatic carbocycles. The highest BCUT2D eigenvalue weighted by Crippen LogP contribution is 2.37. The number of thioether (sulfide) groups is 1. The first kappa shape index (κ1) is 25.2. The van der Waals surface area contributed by atoms with E-state index in [1.54, 1.807) is 66.7 Å². The number of Topliss-reactive ketones (excluding diaryl/α,β-unsaturated/α-hetero) is 1. The maximum Gasteiger partial charge on any atom is 0.261 e. The van der Waals surface area contributed by atoms with Gasteiger partial charge in [-0.3, -0.25) is 14.3 Å². The number of nitrogens with one attached hydrogen (secondary N) is 2. The van der Waals surface area contributed by atoms with Crippen molar-refractivity contribution in [1.82, 2.24) is 0 Å². The van der Waals surface area contributed by atoms with Crippen LogP contribution < -0.4 is 10.0 Å². The number of carbonyl (C=O) groups excluding carboxylic acids is 2. The van der Waals surface area contributed by atoms with Gasteiger partial charge in [-0.25, -0.2) is 8.42 Å². The Hall–Kier alpha value is -3.88. The summed E-state index contributed by atoms with van der Waals surface area (Å²) < 4.78 is 27.7. The van der Waals surface area contributed by atoms with Crippen LogP contribution in [-0.2, 0) is 14.8 Å². The summed E-state index contributed by atoms with van der Waals surface area (Å²) in [5.74, 6) is -0.254. The highest BCUT2D eigenvalue weighted by atomic mass is 32.2. The Morgan fingerprint density at radius 2 is 1.28 bits per heavy atom. The number of benzene rings is 4. The highest BCUT2D eigenvalue weighted by Gasteiger charge is 2.22. The van der Waals surface area contributed by atoms with E-state index in [2.05, 4.69) is 10.0 Å². The van der Waals surface area contributed by atoms with Gasteiger partial charge in [-0.2, -0.15) is 0 Å². The van der Waals surface area contributed by atoms with Crippen LogP contribution in [0.3, 0.4) is 0 Å². The second kappa shape index (κ2) is 11.2. The molecule has 0 aromatic heterocycles. The summed E-state index contributed by atoms with van der Waals surface area (Å²) in [6.07, 6.45) is 0. The van der Waals surface area contributed by atoms with Crippen LogP contribution >= 0.6 is 11.8 Å². The Morgan fingerprint density at radius 1 is 0.722 bits per heavy atom. The minimum Gasteiger partial charge on any atom is -0.325 e. The summed E-state index contributed by atoms with van der Waals surface area (Å²) in [4.78, 5) is 25.8. The molecule has 36 heavy (non-hydrogen) atoms. The van der Waals surface area contributed by atoms with E-state index in [4.69, 9.17) is 0 Å². The summed E-state index contributed by atoms with van der Waals surface area (Å²) in [6.45, 7) is 1.49. The normalized spacial score (nSPS) is 11.9. The van der Waals surface area contributed by atoms with Crippen LogP contribution in [0.1, 0.15) is 28.1 Å². The second-order valence-corrected chi connectivity index (χ2v) is 10.8. The molecule has 4 aromatic rings. The summed E-state index contributed by atoms with van der Waals surface area (Å²) in [5, 5.41) is 2.37. The van der Waals surface area contributed by atoms with E-state index in [1.807, 2.05) is 30.3 Å². The Bertz CT molecular complexity index is 1440. The highest BCUT2D eigenvalue weighted by molar-refractivity contribution is 8.00. The van der Waals surface area contributed by atoms with Gasteiger partial charge in [0.15, 0.2) is 5.78 Å². The summed E-state index contributed by atoms with van der Waals surface area (Å²) in [7, 11) is -3.69. The van der Waals surface area contributed by atoms with Crippen molar-refractivity contribution in [2.75, 3.05) is 10.0 Å². The molecule has 6 nitrogen and oxygen atoms in total. The van der Waals surface area contributed by atoms with Crippen LogP contribution in [0.15, 0.2) is 119 Å². The third-order valence-electron chi connectivity index (χ3n) is 5.31. The van der Waals surface area contributed by atoms with Crippen LogP contribution in [0.4, 0.5) is 11.4 Å². The van der Waals surface area contributed by atoms with Gasteiger partial charge in [0, 0.05) is 21.8 Å². The Kier molecular flexibility index (Phi) is 7.87. The van der Waals surface area contributed by atoms with Crippen molar-refractivity contribution >= 4 is 44.9 Å². The first-order chi connectivity index (χ1) is 17.3. The lowest BCUT2D eigenvalue weighted by molar-refractivity contribution is -0.115. The quantitative estimate of drug-likeness (QED) is 0.205. The smallest absolute Gasteiger partial charge is 0.261 e. The molecule has 0 aliphatic heterocycles. The predicted molar refractivity (Wildman–Crippen MR) is 144 cm³/mol. The van der Waals surface area contributed by atoms with Gasteiger partial charge in [0.2, 0.25) is 5.91 Å². The number of hydrogen-bond acceptors (Lipinski definition) is 5. The van der Waals surface area contributed by atoms with Gasteiger partial charge in [0.1, 0.15) is 5.25 Å². The number of anilines is 2. The lowest BCUT2D eigenvalue weighted by Gasteiger charge is -2.17. The average Bonchev–Trinajstić information content (AvgIpc) is 2.89. The minimum atomic E-state index is -3.69. The molecule has 1 amide bonds. The molecular weight excluding hydrogens is 492 g/mol. The number of hydrogen-bond donors (Lipinski definition) is 2. The van der Waals surface area contributed by atoms with Gasteiger partial charge in [0.05, 0.1) is 4.90 Å². The van der Waals surface area contributed by atoms with Gasteiger partial charge in [-0.1, -0.05) is 48.5 Å². The fraction of sp³-hybridized carbons (Fsp3) is 0.0714. The van der Waals surface area contributed by atoms with Gasteiger partial charge in [0.25, 0.3) is 10.0 Å². The van der Waals surface area contributed by atoms with Gasteiger partial charge in [-0.05, 0) is 73.2 Å². The van der Waals surface area contributed by atoms with E-state index in [-0.39, 0.29) is 16.6 Å². The molecule has 0 fully saturated rings. The zero-order chi connectivity index (χ0) is 25.5. The lowest BCUT2D eigenvalue weighted by atomic mass is 10.1. The van der Waals surface area contributed by atoms with Gasteiger partial charge < -0.3 is 5.32 Å². The Morgan fingerprint density at radius 3 is 1.86 bits per heavy atom. The van der Waals surface area contributed by atoms with E-state index < -0.39 is 15.3 Å². The molecule has 1 unspecified atom stereocenters. The van der Waals surface area contributed by atoms with Crippen molar-refractivity contribution in [3.05, 3.63) is 120 Å². The standard InChI is InChI=1S/C28H24N2O4S2/c1-20(31)21-12-14-23(15-13-21)29-28(32)27(22-8-4-2-5-9-22)35-25-18-16-24(17-19-25)30-36(33,34)26-10-6-3-7-11-26/h2-19,27,30H,1H3,(H,29,32). The maximum absolute atomic E-state index is 13.3. The zero-order valence-electron chi connectivity index (χ0n) is 19.4. The molecule has 0 saturated carbocycles. The van der Waals surface area contributed by atoms with Crippen molar-refractivity contribution in [3.63, 3.8) is 0 Å². The zero-order valence-corrected chi connectivity index (χ0v) is 21.1. The summed E-state index contributed by atoms with van der Waals surface area (Å²) >= 11 is 1.36. The molecule has 4 rings (SSSR count). The van der Waals surface area contributed by atoms with E-state index in [0.29, 0.717) is 16.9 Å². The van der Waals surface area contributed by atoms with Gasteiger partial charge in [-0.15, -0.1) is 11.8 Å². The van der Waals surface area contributed by atoms with Crippen molar-refractivity contribution in [3.8, 4) is 0 Å². The summed E-state index contributed by atoms with van der Waals surface area (Å²) in [6, 6.07) is 31.2. The van der Waals surface area contributed by atoms with E-state index >= 15 is 0 Å². The molecular formula is C28H24N2O4S2. The maximum atomic E-state index is 13.3. The van der Waals surface area contributed by atoms with Crippen LogP contribution in [0.2, 0.25) is 0 Å². The average molecular weight is 517 g/mol. The van der Waals surface area contributed by atoms with Crippen molar-refractivity contribution in [2.24, 2.45) is 0 Å². The van der Waals surface area contributed by atoms with Crippen LogP contribution in [0, 0.1) is 0 Å². The SMILES string of the molecule is CC(=O)c1ccc(NC(=O)C(Sc2ccc(NS(=O)(=O)c3ccccc3)cc2)c2ccccc2)cc1. The fourth-order valence-electron chi connectivity index (χ4n) is 3.45. The van der Waals surface area contributed by atoms with E-state index in [0.717, 1.165) is 10.5 Å². The number of carbonyl (C=O) groups is 2. The van der Waals surface area contributed by atoms with Crippen molar-refractivity contribution < 1.29 is 18.0 Å². The topological polar surface area (TPSA) is 92.3 Å². The van der Waals surface area contributed by atoms with Crippen LogP contribution in [0.25, 0.3) is 0 Å². The lowest BCUT2D eigenvalue weighted by Crippen LogP contribution is -2.19. The predicted octanol–water partition coefficient (Wildman–Crippen LogP) is 6.16. The largest absolute Gasteiger partial charge is 0.325 e. The van der Waals surface area contributed by atoms with Gasteiger partial charge >= 0.3 is 0 Å². The van der Waals surface area contributed by atoms with E-state index in [1.165, 1.54) is 30.8 Å². The molecule has 0 saturated heterocycles. The van der Waals surface area contributed by atoms with Crippen molar-refractivity contribution in [1.29, 1.82) is 0 Å². The number of rotatable bonds is 9. The Labute approximate surface area is 214 Å². The third kappa shape index (κ3) is 6.41. The molecule has 1 atom stereocenters. The molecule has 8 heteroatoms. The monoisotopic (exact) mass is 516 g/mol. The summed E-state index contributed by atoms with van der Waals surface area (Å²) in [5.41, 5.74) is 2.42. The van der Waals surface area contributed by atoms with Crippen LogP contribution in [0.5, 0.6) is 0 Å². The number of ketones is 1. The first-order valence-electron chi connectivity index (χ1n) is 11.1. The molecule has 0 bridgehead atoms. The molecule has 182 valence electrons. The second-order valence-electron chi connectivity index (χ2n) is 7.97. The number of amides is 1. The van der Waals surface area contributed by atoms with Crippen LogP contribution in [-0.4, -0.2) is 20.1 Å². The molecule has 0 heterocycles.